The van der Waals surface area contributed by atoms with E-state index >= 15 is 0 Å². The van der Waals surface area contributed by atoms with Gasteiger partial charge in [0.15, 0.2) is 0 Å². The molecule has 0 heterocycles. The molecule has 2 rings (SSSR count). The lowest BCUT2D eigenvalue weighted by atomic mass is 9.99. The van der Waals surface area contributed by atoms with Gasteiger partial charge in [-0.2, -0.15) is 0 Å². The molecule has 0 radical (unpaired) electrons. The molecular weight excluding hydrogens is 298 g/mol. The first kappa shape index (κ1) is 14.3. The Morgan fingerprint density at radius 2 is 1.84 bits per heavy atom. The summed E-state index contributed by atoms with van der Waals surface area (Å²) < 4.78 is 1.14. The van der Waals surface area contributed by atoms with E-state index in [1.807, 2.05) is 0 Å². The molecule has 0 amide bonds. The number of benzene rings is 2. The number of halogens is 1. The van der Waals surface area contributed by atoms with Gasteiger partial charge >= 0.3 is 0 Å². The summed E-state index contributed by atoms with van der Waals surface area (Å²) in [6, 6.07) is 17.1. The highest BCUT2D eigenvalue weighted by atomic mass is 79.9. The molecular formula is C17H20BrN. The van der Waals surface area contributed by atoms with Crippen LogP contribution < -0.4 is 5.73 Å². The van der Waals surface area contributed by atoms with Gasteiger partial charge in [0.05, 0.1) is 0 Å². The fourth-order valence-corrected chi connectivity index (χ4v) is 2.57. The van der Waals surface area contributed by atoms with Gasteiger partial charge < -0.3 is 5.73 Å². The van der Waals surface area contributed by atoms with E-state index in [2.05, 4.69) is 71.4 Å². The summed E-state index contributed by atoms with van der Waals surface area (Å²) in [5.41, 5.74) is 10.1. The van der Waals surface area contributed by atoms with Crippen LogP contribution in [0.15, 0.2) is 53.0 Å². The van der Waals surface area contributed by atoms with Gasteiger partial charge in [-0.15, -0.1) is 0 Å². The average molecular weight is 318 g/mol. The number of aryl methyl sites for hydroxylation is 2. The monoisotopic (exact) mass is 317 g/mol. The lowest BCUT2D eigenvalue weighted by molar-refractivity contribution is 0.611. The van der Waals surface area contributed by atoms with Crippen LogP contribution in [0.3, 0.4) is 0 Å². The Labute approximate surface area is 124 Å². The fourth-order valence-electron chi connectivity index (χ4n) is 2.18. The van der Waals surface area contributed by atoms with Gasteiger partial charge in [0.2, 0.25) is 0 Å². The predicted octanol–water partition coefficient (Wildman–Crippen LogP) is 4.78. The van der Waals surface area contributed by atoms with Crippen molar-refractivity contribution in [3.05, 3.63) is 69.7 Å². The summed E-state index contributed by atoms with van der Waals surface area (Å²) >= 11 is 3.56. The van der Waals surface area contributed by atoms with Crippen LogP contribution in [0.4, 0.5) is 0 Å². The molecule has 0 aliphatic heterocycles. The highest BCUT2D eigenvalue weighted by Gasteiger charge is 2.07. The highest BCUT2D eigenvalue weighted by molar-refractivity contribution is 9.10. The van der Waals surface area contributed by atoms with E-state index in [0.29, 0.717) is 0 Å². The van der Waals surface area contributed by atoms with Crippen molar-refractivity contribution in [3.63, 3.8) is 0 Å². The van der Waals surface area contributed by atoms with Crippen LogP contribution >= 0.6 is 15.9 Å². The molecule has 0 fully saturated rings. The van der Waals surface area contributed by atoms with Gasteiger partial charge in [-0.3, -0.25) is 0 Å². The van der Waals surface area contributed by atoms with Crippen molar-refractivity contribution < 1.29 is 0 Å². The largest absolute Gasteiger partial charge is 0.324 e. The van der Waals surface area contributed by atoms with Crippen LogP contribution in [0.1, 0.15) is 35.6 Å². The van der Waals surface area contributed by atoms with Crippen molar-refractivity contribution in [2.45, 2.75) is 32.2 Å². The van der Waals surface area contributed by atoms with E-state index in [9.17, 15) is 0 Å². The Hall–Kier alpha value is -1.12. The van der Waals surface area contributed by atoms with Crippen LogP contribution in [0.2, 0.25) is 0 Å². The van der Waals surface area contributed by atoms with E-state index in [1.54, 1.807) is 0 Å². The minimum Gasteiger partial charge on any atom is -0.324 e. The molecule has 0 saturated carbocycles. The second-order valence-corrected chi connectivity index (χ2v) is 5.85. The maximum absolute atomic E-state index is 6.26. The van der Waals surface area contributed by atoms with Crippen molar-refractivity contribution in [1.82, 2.24) is 0 Å². The molecule has 1 unspecified atom stereocenters. The summed E-state index contributed by atoms with van der Waals surface area (Å²) in [5, 5.41) is 0. The number of hydrogen-bond donors (Lipinski definition) is 1. The summed E-state index contributed by atoms with van der Waals surface area (Å²) in [5.74, 6) is 0. The predicted molar refractivity (Wildman–Crippen MR) is 85.2 cm³/mol. The Morgan fingerprint density at radius 3 is 2.53 bits per heavy atom. The maximum atomic E-state index is 6.26. The third-order valence-corrected chi connectivity index (χ3v) is 4.30. The Kier molecular flexibility index (Phi) is 5.17. The zero-order chi connectivity index (χ0) is 13.7. The van der Waals surface area contributed by atoms with Gasteiger partial charge in [-0.05, 0) is 48.9 Å². The minimum atomic E-state index is 0.126. The molecule has 1 atom stereocenters. The van der Waals surface area contributed by atoms with Gasteiger partial charge in [0.1, 0.15) is 0 Å². The molecule has 2 aromatic carbocycles. The topological polar surface area (TPSA) is 26.0 Å². The minimum absolute atomic E-state index is 0.126. The first-order valence-electron chi connectivity index (χ1n) is 6.72. The van der Waals surface area contributed by atoms with Crippen molar-refractivity contribution in [3.8, 4) is 0 Å². The van der Waals surface area contributed by atoms with Gasteiger partial charge in [-0.1, -0.05) is 58.4 Å². The summed E-state index contributed by atoms with van der Waals surface area (Å²) in [4.78, 5) is 0. The third-order valence-electron chi connectivity index (χ3n) is 3.45. The van der Waals surface area contributed by atoms with E-state index in [-0.39, 0.29) is 6.04 Å². The molecule has 0 saturated heterocycles. The second kappa shape index (κ2) is 6.88. The molecule has 0 aliphatic carbocycles. The highest BCUT2D eigenvalue weighted by Crippen LogP contribution is 2.23. The molecule has 0 spiro atoms. The SMILES string of the molecule is Cc1ccc(C(N)CCCc2ccccc2)cc1Br. The number of nitrogens with two attached hydrogens (primary N) is 1. The smallest absolute Gasteiger partial charge is 0.0295 e. The van der Waals surface area contributed by atoms with Crippen molar-refractivity contribution in [2.24, 2.45) is 5.73 Å². The van der Waals surface area contributed by atoms with Gasteiger partial charge in [0, 0.05) is 10.5 Å². The molecule has 1 nitrogen and oxygen atoms in total. The van der Waals surface area contributed by atoms with Crippen molar-refractivity contribution in [2.75, 3.05) is 0 Å². The number of hydrogen-bond acceptors (Lipinski definition) is 1. The number of rotatable bonds is 5. The Balaban J connectivity index is 1.87. The van der Waals surface area contributed by atoms with E-state index < -0.39 is 0 Å². The van der Waals surface area contributed by atoms with Crippen LogP contribution in [-0.2, 0) is 6.42 Å². The Morgan fingerprint density at radius 1 is 1.11 bits per heavy atom. The third kappa shape index (κ3) is 4.19. The molecule has 0 bridgehead atoms. The summed E-state index contributed by atoms with van der Waals surface area (Å²) in [7, 11) is 0. The molecule has 19 heavy (non-hydrogen) atoms. The van der Waals surface area contributed by atoms with E-state index in [4.69, 9.17) is 5.73 Å². The first-order chi connectivity index (χ1) is 9.16. The fraction of sp³-hybridized carbons (Fsp3) is 0.294. The molecule has 100 valence electrons. The lowest BCUT2D eigenvalue weighted by Crippen LogP contribution is -2.10. The normalized spacial score (nSPS) is 12.4. The van der Waals surface area contributed by atoms with Crippen LogP contribution in [0.25, 0.3) is 0 Å². The molecule has 0 aromatic heterocycles. The Bertz CT molecular complexity index is 522. The quantitative estimate of drug-likeness (QED) is 0.843. The second-order valence-electron chi connectivity index (χ2n) is 4.99. The zero-order valence-electron chi connectivity index (χ0n) is 11.3. The first-order valence-corrected chi connectivity index (χ1v) is 7.51. The lowest BCUT2D eigenvalue weighted by Gasteiger charge is -2.13. The van der Waals surface area contributed by atoms with Crippen LogP contribution in [0.5, 0.6) is 0 Å². The maximum Gasteiger partial charge on any atom is 0.0295 e. The molecule has 0 aliphatic rings. The summed E-state index contributed by atoms with van der Waals surface area (Å²) in [6.07, 6.45) is 3.24. The standard InChI is InChI=1S/C17H20BrN/c1-13-10-11-15(12-16(13)18)17(19)9-5-8-14-6-3-2-4-7-14/h2-4,6-7,10-12,17H,5,8-9,19H2,1H3. The summed E-state index contributed by atoms with van der Waals surface area (Å²) in [6.45, 7) is 2.09. The zero-order valence-corrected chi connectivity index (χ0v) is 12.9. The average Bonchev–Trinajstić information content (AvgIpc) is 2.43. The van der Waals surface area contributed by atoms with E-state index in [0.717, 1.165) is 23.7 Å². The van der Waals surface area contributed by atoms with Gasteiger partial charge in [-0.25, -0.2) is 0 Å². The molecule has 2 heteroatoms. The van der Waals surface area contributed by atoms with Crippen LogP contribution in [0, 0.1) is 6.92 Å². The van der Waals surface area contributed by atoms with Gasteiger partial charge in [0.25, 0.3) is 0 Å². The van der Waals surface area contributed by atoms with Crippen molar-refractivity contribution >= 4 is 15.9 Å². The van der Waals surface area contributed by atoms with E-state index in [1.165, 1.54) is 16.7 Å². The molecule has 2 aromatic rings. The molecule has 2 N–H and O–H groups in total. The van der Waals surface area contributed by atoms with Crippen molar-refractivity contribution in [1.29, 1.82) is 0 Å². The van der Waals surface area contributed by atoms with Crippen LogP contribution in [-0.4, -0.2) is 0 Å².